The molecule has 1 unspecified atom stereocenters. The summed E-state index contributed by atoms with van der Waals surface area (Å²) in [5.41, 5.74) is 1.88. The number of fused-ring (bicyclic) bond motifs is 1. The number of carbonyl (C=O) groups excluding carboxylic acids is 2. The van der Waals surface area contributed by atoms with Crippen LogP contribution in [0.5, 0.6) is 0 Å². The van der Waals surface area contributed by atoms with Gasteiger partial charge in [-0.2, -0.15) is 0 Å². The quantitative estimate of drug-likeness (QED) is 0.946. The third-order valence-electron chi connectivity index (χ3n) is 3.58. The van der Waals surface area contributed by atoms with Crippen LogP contribution in [-0.2, 0) is 11.2 Å². The smallest absolute Gasteiger partial charge is 0.269 e. The molecule has 2 aromatic rings. The van der Waals surface area contributed by atoms with E-state index in [9.17, 15) is 9.59 Å². The van der Waals surface area contributed by atoms with Gasteiger partial charge in [-0.25, -0.2) is 0 Å². The maximum atomic E-state index is 12.7. The SMILES string of the molecule is CCNC(=O)C1Cc2ccccc2N1C(=O)c1cccs1. The molecule has 0 aliphatic carbocycles. The molecule has 108 valence electrons. The van der Waals surface area contributed by atoms with Crippen LogP contribution in [0.4, 0.5) is 5.69 Å². The second-order valence-electron chi connectivity index (χ2n) is 4.90. The van der Waals surface area contributed by atoms with Gasteiger partial charge < -0.3 is 5.32 Å². The van der Waals surface area contributed by atoms with Gasteiger partial charge in [-0.1, -0.05) is 24.3 Å². The van der Waals surface area contributed by atoms with Crippen molar-refractivity contribution in [3.8, 4) is 0 Å². The lowest BCUT2D eigenvalue weighted by atomic mass is 10.1. The molecule has 0 saturated heterocycles. The predicted molar refractivity (Wildman–Crippen MR) is 83.7 cm³/mol. The number of nitrogens with zero attached hydrogens (tertiary/aromatic N) is 1. The molecule has 0 radical (unpaired) electrons. The molecule has 21 heavy (non-hydrogen) atoms. The number of amides is 2. The number of rotatable bonds is 3. The number of anilines is 1. The first kappa shape index (κ1) is 13.8. The third-order valence-corrected chi connectivity index (χ3v) is 4.44. The summed E-state index contributed by atoms with van der Waals surface area (Å²) >= 11 is 1.40. The van der Waals surface area contributed by atoms with Crippen LogP contribution in [0.3, 0.4) is 0 Å². The van der Waals surface area contributed by atoms with Gasteiger partial charge in [-0.3, -0.25) is 14.5 Å². The largest absolute Gasteiger partial charge is 0.355 e. The summed E-state index contributed by atoms with van der Waals surface area (Å²) in [6.45, 7) is 2.44. The van der Waals surface area contributed by atoms with Crippen LogP contribution >= 0.6 is 11.3 Å². The van der Waals surface area contributed by atoms with Crippen LogP contribution in [0, 0.1) is 0 Å². The molecule has 1 aromatic heterocycles. The monoisotopic (exact) mass is 300 g/mol. The van der Waals surface area contributed by atoms with Crippen LogP contribution in [-0.4, -0.2) is 24.4 Å². The van der Waals surface area contributed by atoms with E-state index in [2.05, 4.69) is 5.32 Å². The first-order valence-corrected chi connectivity index (χ1v) is 7.83. The molecule has 1 aliphatic rings. The van der Waals surface area contributed by atoms with Crippen molar-refractivity contribution >= 4 is 28.8 Å². The van der Waals surface area contributed by atoms with Crippen molar-refractivity contribution in [3.05, 3.63) is 52.2 Å². The highest BCUT2D eigenvalue weighted by Crippen LogP contribution is 2.34. The van der Waals surface area contributed by atoms with E-state index in [0.29, 0.717) is 17.8 Å². The summed E-state index contributed by atoms with van der Waals surface area (Å²) in [5.74, 6) is -0.204. The minimum absolute atomic E-state index is 0.0985. The second kappa shape index (κ2) is 5.69. The normalized spacial score (nSPS) is 16.6. The van der Waals surface area contributed by atoms with Gasteiger partial charge in [0, 0.05) is 18.7 Å². The van der Waals surface area contributed by atoms with Gasteiger partial charge in [0.25, 0.3) is 5.91 Å². The van der Waals surface area contributed by atoms with Crippen LogP contribution in [0.2, 0.25) is 0 Å². The van der Waals surface area contributed by atoms with Crippen LogP contribution in [0.1, 0.15) is 22.2 Å². The molecule has 2 heterocycles. The zero-order valence-electron chi connectivity index (χ0n) is 11.7. The fourth-order valence-electron chi connectivity index (χ4n) is 2.66. The molecule has 5 heteroatoms. The summed E-state index contributed by atoms with van der Waals surface area (Å²) in [7, 11) is 0. The number of hydrogen-bond acceptors (Lipinski definition) is 3. The molecule has 3 rings (SSSR count). The molecule has 1 N–H and O–H groups in total. The molecule has 0 fully saturated rings. The highest BCUT2D eigenvalue weighted by atomic mass is 32.1. The maximum Gasteiger partial charge on any atom is 0.269 e. The average molecular weight is 300 g/mol. The molecule has 0 spiro atoms. The lowest BCUT2D eigenvalue weighted by molar-refractivity contribution is -0.122. The van der Waals surface area contributed by atoms with Crippen molar-refractivity contribution in [2.24, 2.45) is 0 Å². The first-order valence-electron chi connectivity index (χ1n) is 6.95. The molecular weight excluding hydrogens is 284 g/mol. The van der Waals surface area contributed by atoms with Crippen molar-refractivity contribution in [2.75, 3.05) is 11.4 Å². The zero-order chi connectivity index (χ0) is 14.8. The molecule has 0 bridgehead atoms. The Morgan fingerprint density at radius 3 is 2.81 bits per heavy atom. The number of carbonyl (C=O) groups is 2. The molecule has 0 saturated carbocycles. The highest BCUT2D eigenvalue weighted by Gasteiger charge is 2.38. The minimum atomic E-state index is -0.461. The Labute approximate surface area is 127 Å². The van der Waals surface area contributed by atoms with Crippen molar-refractivity contribution < 1.29 is 9.59 Å². The zero-order valence-corrected chi connectivity index (χ0v) is 12.5. The molecular formula is C16H16N2O2S. The third kappa shape index (κ3) is 2.45. The van der Waals surface area contributed by atoms with E-state index in [1.807, 2.05) is 42.6 Å². The second-order valence-corrected chi connectivity index (χ2v) is 5.84. The minimum Gasteiger partial charge on any atom is -0.355 e. The van der Waals surface area contributed by atoms with E-state index in [1.54, 1.807) is 11.0 Å². The Morgan fingerprint density at radius 1 is 1.29 bits per heavy atom. The highest BCUT2D eigenvalue weighted by molar-refractivity contribution is 7.12. The number of para-hydroxylation sites is 1. The van der Waals surface area contributed by atoms with E-state index < -0.39 is 6.04 Å². The van der Waals surface area contributed by atoms with Gasteiger partial charge in [0.1, 0.15) is 6.04 Å². The number of likely N-dealkylation sites (N-methyl/N-ethyl adjacent to an activating group) is 1. The van der Waals surface area contributed by atoms with E-state index in [4.69, 9.17) is 0 Å². The Kier molecular flexibility index (Phi) is 3.75. The Balaban J connectivity index is 1.99. The Hall–Kier alpha value is -2.14. The number of nitrogens with one attached hydrogen (secondary N) is 1. The van der Waals surface area contributed by atoms with E-state index in [0.717, 1.165) is 11.3 Å². The lowest BCUT2D eigenvalue weighted by Crippen LogP contribution is -2.47. The Morgan fingerprint density at radius 2 is 2.10 bits per heavy atom. The van der Waals surface area contributed by atoms with Gasteiger partial charge in [0.2, 0.25) is 5.91 Å². The number of hydrogen-bond donors (Lipinski definition) is 1. The average Bonchev–Trinajstić information content (AvgIpc) is 3.14. The van der Waals surface area contributed by atoms with Gasteiger partial charge in [0.05, 0.1) is 4.88 Å². The van der Waals surface area contributed by atoms with E-state index in [1.165, 1.54) is 11.3 Å². The summed E-state index contributed by atoms with van der Waals surface area (Å²) in [5, 5.41) is 4.69. The van der Waals surface area contributed by atoms with Crippen molar-refractivity contribution in [3.63, 3.8) is 0 Å². The van der Waals surface area contributed by atoms with Crippen LogP contribution < -0.4 is 10.2 Å². The standard InChI is InChI=1S/C16H16N2O2S/c1-2-17-15(19)13-10-11-6-3-4-7-12(11)18(13)16(20)14-8-5-9-21-14/h3-9,13H,2,10H2,1H3,(H,17,19). The van der Waals surface area contributed by atoms with Gasteiger partial charge in [0.15, 0.2) is 0 Å². The number of thiophene rings is 1. The van der Waals surface area contributed by atoms with Crippen LogP contribution in [0.15, 0.2) is 41.8 Å². The molecule has 1 atom stereocenters. The lowest BCUT2D eigenvalue weighted by Gasteiger charge is -2.24. The maximum absolute atomic E-state index is 12.7. The predicted octanol–water partition coefficient (Wildman–Crippen LogP) is 2.46. The van der Waals surface area contributed by atoms with Crippen molar-refractivity contribution in [1.29, 1.82) is 0 Å². The van der Waals surface area contributed by atoms with Crippen molar-refractivity contribution in [2.45, 2.75) is 19.4 Å². The summed E-state index contributed by atoms with van der Waals surface area (Å²) in [4.78, 5) is 27.3. The molecule has 1 aromatic carbocycles. The Bertz CT molecular complexity index is 667. The van der Waals surface area contributed by atoms with E-state index >= 15 is 0 Å². The topological polar surface area (TPSA) is 49.4 Å². The number of benzene rings is 1. The van der Waals surface area contributed by atoms with Crippen LogP contribution in [0.25, 0.3) is 0 Å². The van der Waals surface area contributed by atoms with Gasteiger partial charge in [-0.15, -0.1) is 11.3 Å². The molecule has 4 nitrogen and oxygen atoms in total. The summed E-state index contributed by atoms with van der Waals surface area (Å²) in [6, 6.07) is 10.9. The molecule has 1 aliphatic heterocycles. The first-order chi connectivity index (χ1) is 10.2. The summed E-state index contributed by atoms with van der Waals surface area (Å²) in [6.07, 6.45) is 0.569. The van der Waals surface area contributed by atoms with Gasteiger partial charge >= 0.3 is 0 Å². The van der Waals surface area contributed by atoms with E-state index in [-0.39, 0.29) is 11.8 Å². The van der Waals surface area contributed by atoms with Gasteiger partial charge in [-0.05, 0) is 30.0 Å². The fourth-order valence-corrected chi connectivity index (χ4v) is 3.32. The fraction of sp³-hybridized carbons (Fsp3) is 0.250. The summed E-state index contributed by atoms with van der Waals surface area (Å²) < 4.78 is 0. The molecule has 2 amide bonds. The van der Waals surface area contributed by atoms with Crippen molar-refractivity contribution in [1.82, 2.24) is 5.32 Å².